The molecule has 1 amide bonds. The highest BCUT2D eigenvalue weighted by Gasteiger charge is 2.50. The zero-order chi connectivity index (χ0) is 13.7. The van der Waals surface area contributed by atoms with Gasteiger partial charge in [0.1, 0.15) is 0 Å². The van der Waals surface area contributed by atoms with Gasteiger partial charge < -0.3 is 15.0 Å². The van der Waals surface area contributed by atoms with Crippen molar-refractivity contribution in [2.75, 3.05) is 26.7 Å². The van der Waals surface area contributed by atoms with Crippen LogP contribution in [0, 0.1) is 17.8 Å². The predicted octanol–water partition coefficient (Wildman–Crippen LogP) is 1.40. The Hall–Kier alpha value is -0.610. The van der Waals surface area contributed by atoms with Crippen molar-refractivity contribution in [3.8, 4) is 0 Å². The second-order valence-electron chi connectivity index (χ2n) is 7.71. The van der Waals surface area contributed by atoms with E-state index in [1.54, 1.807) is 7.11 Å². The molecule has 1 aliphatic heterocycles. The minimum atomic E-state index is 0.258. The third-order valence-corrected chi connectivity index (χ3v) is 6.19. The first-order chi connectivity index (χ1) is 9.66. The Morgan fingerprint density at radius 1 is 1.15 bits per heavy atom. The normalized spacial score (nSPS) is 42.9. The number of nitrogens with zero attached hydrogens (tertiary/aromatic N) is 1. The van der Waals surface area contributed by atoms with Crippen molar-refractivity contribution in [2.45, 2.75) is 50.2 Å². The monoisotopic (exact) mass is 278 g/mol. The lowest BCUT2D eigenvalue weighted by Crippen LogP contribution is -2.62. The lowest BCUT2D eigenvalue weighted by atomic mass is 9.53. The number of methoxy groups -OCH3 is 1. The molecule has 4 bridgehead atoms. The molecule has 0 atom stereocenters. The van der Waals surface area contributed by atoms with Gasteiger partial charge in [0, 0.05) is 25.7 Å². The molecule has 1 saturated heterocycles. The maximum Gasteiger partial charge on any atom is 0.236 e. The summed E-state index contributed by atoms with van der Waals surface area (Å²) in [5.41, 5.74) is 0.302. The Morgan fingerprint density at radius 3 is 2.20 bits per heavy atom. The van der Waals surface area contributed by atoms with Crippen molar-refractivity contribution >= 4 is 5.91 Å². The summed E-state index contributed by atoms with van der Waals surface area (Å²) in [5.74, 6) is 3.07. The number of carbonyl (C=O) groups excluding carboxylic acids is 1. The van der Waals surface area contributed by atoms with Crippen LogP contribution in [0.4, 0.5) is 0 Å². The molecule has 4 saturated carbocycles. The first-order valence-electron chi connectivity index (χ1n) is 8.21. The standard InChI is InChI=1S/C16H26N2O2/c1-20-14-9-18(10-14)15(19)8-17-16-5-11-2-12(6-16)4-13(3-11)7-16/h11-14,17H,2-10H2,1H3. The van der Waals surface area contributed by atoms with E-state index in [-0.39, 0.29) is 12.0 Å². The molecule has 5 aliphatic rings. The van der Waals surface area contributed by atoms with Crippen LogP contribution in [0.2, 0.25) is 0 Å². The Bertz CT molecular complexity index is 368. The quantitative estimate of drug-likeness (QED) is 0.845. The van der Waals surface area contributed by atoms with Crippen molar-refractivity contribution in [2.24, 2.45) is 17.8 Å². The summed E-state index contributed by atoms with van der Waals surface area (Å²) in [4.78, 5) is 14.1. The third kappa shape index (κ3) is 2.17. The molecule has 1 N–H and O–H groups in total. The molecular weight excluding hydrogens is 252 g/mol. The third-order valence-electron chi connectivity index (χ3n) is 6.19. The minimum absolute atomic E-state index is 0.258. The molecular formula is C16H26N2O2. The second kappa shape index (κ2) is 4.70. The van der Waals surface area contributed by atoms with E-state index >= 15 is 0 Å². The van der Waals surface area contributed by atoms with Gasteiger partial charge in [0.15, 0.2) is 0 Å². The number of amides is 1. The second-order valence-corrected chi connectivity index (χ2v) is 7.71. The topological polar surface area (TPSA) is 41.6 Å². The zero-order valence-corrected chi connectivity index (χ0v) is 12.4. The molecule has 5 fully saturated rings. The summed E-state index contributed by atoms with van der Waals surface area (Å²) >= 11 is 0. The molecule has 4 nitrogen and oxygen atoms in total. The number of hydrogen-bond donors (Lipinski definition) is 1. The molecule has 0 aromatic rings. The van der Waals surface area contributed by atoms with Gasteiger partial charge in [-0.1, -0.05) is 0 Å². The van der Waals surface area contributed by atoms with Crippen LogP contribution in [-0.4, -0.2) is 49.2 Å². The summed E-state index contributed by atoms with van der Waals surface area (Å²) in [6.45, 7) is 2.08. The average molecular weight is 278 g/mol. The van der Waals surface area contributed by atoms with E-state index in [1.165, 1.54) is 38.5 Å². The van der Waals surface area contributed by atoms with E-state index in [4.69, 9.17) is 4.74 Å². The number of nitrogens with one attached hydrogen (secondary N) is 1. The van der Waals surface area contributed by atoms with Gasteiger partial charge in [-0.2, -0.15) is 0 Å². The van der Waals surface area contributed by atoms with Crippen molar-refractivity contribution in [3.63, 3.8) is 0 Å². The lowest BCUT2D eigenvalue weighted by molar-refractivity contribution is -0.143. The Labute approximate surface area is 121 Å². The first kappa shape index (κ1) is 13.1. The van der Waals surface area contributed by atoms with Gasteiger partial charge in [0.05, 0.1) is 12.6 Å². The van der Waals surface area contributed by atoms with Crippen LogP contribution in [0.25, 0.3) is 0 Å². The molecule has 0 spiro atoms. The summed E-state index contributed by atoms with van der Waals surface area (Å²) in [6, 6.07) is 0. The maximum absolute atomic E-state index is 12.2. The van der Waals surface area contributed by atoms with Gasteiger partial charge in [-0.15, -0.1) is 0 Å². The smallest absolute Gasteiger partial charge is 0.236 e. The summed E-state index contributed by atoms with van der Waals surface area (Å²) < 4.78 is 5.23. The highest BCUT2D eigenvalue weighted by Crippen LogP contribution is 2.55. The molecule has 0 aromatic heterocycles. The van der Waals surface area contributed by atoms with Crippen LogP contribution in [0.1, 0.15) is 38.5 Å². The highest BCUT2D eigenvalue weighted by molar-refractivity contribution is 5.79. The van der Waals surface area contributed by atoms with Gasteiger partial charge in [-0.05, 0) is 56.3 Å². The molecule has 5 rings (SSSR count). The van der Waals surface area contributed by atoms with Gasteiger partial charge in [0.2, 0.25) is 5.91 Å². The van der Waals surface area contributed by atoms with Gasteiger partial charge >= 0.3 is 0 Å². The maximum atomic E-state index is 12.2. The van der Waals surface area contributed by atoms with E-state index < -0.39 is 0 Å². The number of likely N-dealkylation sites (tertiary alicyclic amines) is 1. The van der Waals surface area contributed by atoms with Crippen LogP contribution >= 0.6 is 0 Å². The van der Waals surface area contributed by atoms with Crippen molar-refractivity contribution in [3.05, 3.63) is 0 Å². The number of hydrogen-bond acceptors (Lipinski definition) is 3. The molecule has 1 heterocycles. The molecule has 20 heavy (non-hydrogen) atoms. The van der Waals surface area contributed by atoms with Crippen LogP contribution in [-0.2, 0) is 9.53 Å². The van der Waals surface area contributed by atoms with Crippen LogP contribution in [0.15, 0.2) is 0 Å². The molecule has 4 aliphatic carbocycles. The van der Waals surface area contributed by atoms with E-state index in [0.29, 0.717) is 12.1 Å². The predicted molar refractivity (Wildman–Crippen MR) is 76.3 cm³/mol. The van der Waals surface area contributed by atoms with E-state index in [1.807, 2.05) is 4.90 Å². The first-order valence-corrected chi connectivity index (χ1v) is 8.21. The van der Waals surface area contributed by atoms with Crippen LogP contribution < -0.4 is 5.32 Å². The Morgan fingerprint density at radius 2 is 1.70 bits per heavy atom. The van der Waals surface area contributed by atoms with E-state index in [9.17, 15) is 4.79 Å². The lowest BCUT2D eigenvalue weighted by Gasteiger charge is -2.57. The summed E-state index contributed by atoms with van der Waals surface area (Å²) in [5, 5.41) is 3.68. The van der Waals surface area contributed by atoms with Crippen molar-refractivity contribution in [1.29, 1.82) is 0 Å². The molecule has 0 unspecified atom stereocenters. The van der Waals surface area contributed by atoms with Crippen molar-refractivity contribution in [1.82, 2.24) is 10.2 Å². The Kier molecular flexibility index (Phi) is 3.08. The number of rotatable bonds is 4. The largest absolute Gasteiger partial charge is 0.378 e. The SMILES string of the molecule is COC1CN(C(=O)CNC23CC4CC(CC(C4)C2)C3)C1. The fraction of sp³-hybridized carbons (Fsp3) is 0.938. The fourth-order valence-corrected chi connectivity index (χ4v) is 5.49. The van der Waals surface area contributed by atoms with Gasteiger partial charge in [-0.25, -0.2) is 0 Å². The number of carbonyl (C=O) groups is 1. The zero-order valence-electron chi connectivity index (χ0n) is 12.4. The molecule has 0 radical (unpaired) electrons. The highest BCUT2D eigenvalue weighted by atomic mass is 16.5. The average Bonchev–Trinajstić information content (AvgIpc) is 2.33. The van der Waals surface area contributed by atoms with Crippen molar-refractivity contribution < 1.29 is 9.53 Å². The summed E-state index contributed by atoms with van der Waals surface area (Å²) in [6.07, 6.45) is 8.56. The van der Waals surface area contributed by atoms with E-state index in [2.05, 4.69) is 5.32 Å². The van der Waals surface area contributed by atoms with E-state index in [0.717, 1.165) is 30.8 Å². The Balaban J connectivity index is 1.32. The minimum Gasteiger partial charge on any atom is -0.378 e. The molecule has 112 valence electrons. The summed E-state index contributed by atoms with van der Waals surface area (Å²) in [7, 11) is 1.72. The van der Waals surface area contributed by atoms with Crippen LogP contribution in [0.5, 0.6) is 0 Å². The molecule has 0 aromatic carbocycles. The fourth-order valence-electron chi connectivity index (χ4n) is 5.49. The number of ether oxygens (including phenoxy) is 1. The van der Waals surface area contributed by atoms with Gasteiger partial charge in [0.25, 0.3) is 0 Å². The van der Waals surface area contributed by atoms with Crippen LogP contribution in [0.3, 0.4) is 0 Å². The molecule has 4 heteroatoms. The van der Waals surface area contributed by atoms with Gasteiger partial charge in [-0.3, -0.25) is 4.79 Å².